The third-order valence-electron chi connectivity index (χ3n) is 3.56. The zero-order valence-corrected chi connectivity index (χ0v) is 12.1. The van der Waals surface area contributed by atoms with Crippen LogP contribution in [0.1, 0.15) is 12.5 Å². The quantitative estimate of drug-likeness (QED) is 0.808. The largest absolute Gasteiger partial charge is 0.438 e. The van der Waals surface area contributed by atoms with Crippen LogP contribution >= 0.6 is 0 Å². The number of hydrogen-bond donors (Lipinski definition) is 0. The molecule has 0 N–H and O–H groups in total. The zero-order chi connectivity index (χ0) is 15.6. The average Bonchev–Trinajstić information content (AvgIpc) is 2.73. The Morgan fingerprint density at radius 3 is 2.36 bits per heavy atom. The highest BCUT2D eigenvalue weighted by Gasteiger charge is 2.56. The van der Waals surface area contributed by atoms with Gasteiger partial charge in [0.25, 0.3) is 0 Å². The second-order valence-corrected chi connectivity index (χ2v) is 5.12. The van der Waals surface area contributed by atoms with E-state index in [1.165, 1.54) is 6.92 Å². The number of halogens is 1. The second-order valence-electron chi connectivity index (χ2n) is 5.12. The van der Waals surface area contributed by atoms with E-state index in [1.807, 2.05) is 30.3 Å². The number of cyclic esters (lactones) is 1. The molecule has 5 heteroatoms. The van der Waals surface area contributed by atoms with Crippen LogP contribution in [0, 0.1) is 0 Å². The van der Waals surface area contributed by atoms with Crippen LogP contribution in [0.2, 0.25) is 0 Å². The van der Waals surface area contributed by atoms with Gasteiger partial charge >= 0.3 is 12.1 Å². The lowest BCUT2D eigenvalue weighted by Gasteiger charge is -2.30. The monoisotopic (exact) mass is 301 g/mol. The number of carbonyl (C=O) groups excluding carboxylic acids is 1. The van der Waals surface area contributed by atoms with E-state index in [4.69, 9.17) is 9.47 Å². The van der Waals surface area contributed by atoms with E-state index in [0.717, 1.165) is 10.5 Å². The molecule has 1 fully saturated rings. The molecule has 2 unspecified atom stereocenters. The predicted octanol–water partition coefficient (Wildman–Crippen LogP) is 3.73. The van der Waals surface area contributed by atoms with E-state index in [9.17, 15) is 4.79 Å². The van der Waals surface area contributed by atoms with Crippen molar-refractivity contribution < 1.29 is 18.7 Å². The summed E-state index contributed by atoms with van der Waals surface area (Å²) in [5.41, 5.74) is 0.798. The molecule has 22 heavy (non-hydrogen) atoms. The molecule has 0 saturated carbocycles. The van der Waals surface area contributed by atoms with Crippen LogP contribution in [0.5, 0.6) is 5.75 Å². The first-order valence-corrected chi connectivity index (χ1v) is 7.05. The standard InChI is InChI=1S/C17H16FNO3/c1-13-17(18,22-15-10-6-3-7-11-15)19(16(20)21-13)12-14-8-4-2-5-9-14/h2-11,13H,12H2,1H3. The molecule has 0 bridgehead atoms. The molecule has 4 nitrogen and oxygen atoms in total. The van der Waals surface area contributed by atoms with Gasteiger partial charge in [0.15, 0.2) is 6.10 Å². The fourth-order valence-electron chi connectivity index (χ4n) is 2.36. The van der Waals surface area contributed by atoms with Crippen molar-refractivity contribution in [3.8, 4) is 5.75 Å². The molecule has 0 aromatic heterocycles. The minimum atomic E-state index is -2.34. The summed E-state index contributed by atoms with van der Waals surface area (Å²) in [6.07, 6.45) is -1.75. The molecule has 3 rings (SSSR count). The van der Waals surface area contributed by atoms with Crippen LogP contribution in [-0.4, -0.2) is 23.1 Å². The number of rotatable bonds is 4. The van der Waals surface area contributed by atoms with Gasteiger partial charge in [-0.15, -0.1) is 0 Å². The van der Waals surface area contributed by atoms with E-state index in [2.05, 4.69) is 0 Å². The summed E-state index contributed by atoms with van der Waals surface area (Å²) in [6.45, 7) is 1.55. The van der Waals surface area contributed by atoms with Crippen LogP contribution in [-0.2, 0) is 11.3 Å². The van der Waals surface area contributed by atoms with E-state index in [1.54, 1.807) is 30.3 Å². The van der Waals surface area contributed by atoms with Crippen molar-refractivity contribution in [2.24, 2.45) is 0 Å². The van der Waals surface area contributed by atoms with Gasteiger partial charge < -0.3 is 9.47 Å². The first kappa shape index (κ1) is 14.4. The first-order valence-electron chi connectivity index (χ1n) is 7.05. The second kappa shape index (κ2) is 5.67. The molecule has 1 amide bonds. The van der Waals surface area contributed by atoms with Gasteiger partial charge in [0.05, 0.1) is 6.54 Å². The molecule has 1 aliphatic rings. The number of ether oxygens (including phenoxy) is 2. The summed E-state index contributed by atoms with van der Waals surface area (Å²) in [7, 11) is 0. The van der Waals surface area contributed by atoms with Crippen LogP contribution in [0.15, 0.2) is 60.7 Å². The molecule has 0 spiro atoms. The predicted molar refractivity (Wildman–Crippen MR) is 78.8 cm³/mol. The van der Waals surface area contributed by atoms with Crippen LogP contribution in [0.4, 0.5) is 9.18 Å². The number of nitrogens with zero attached hydrogens (tertiary/aromatic N) is 1. The van der Waals surface area contributed by atoms with Crippen LogP contribution in [0.25, 0.3) is 0 Å². The summed E-state index contributed by atoms with van der Waals surface area (Å²) in [5, 5.41) is 0. The Morgan fingerprint density at radius 1 is 1.14 bits per heavy atom. The lowest BCUT2D eigenvalue weighted by molar-refractivity contribution is -0.178. The number of benzene rings is 2. The normalized spacial score (nSPS) is 24.2. The van der Waals surface area contributed by atoms with Gasteiger partial charge in [-0.3, -0.25) is 0 Å². The lowest BCUT2D eigenvalue weighted by atomic mass is 10.2. The lowest BCUT2D eigenvalue weighted by Crippen LogP contribution is -2.51. The highest BCUT2D eigenvalue weighted by molar-refractivity contribution is 5.71. The summed E-state index contributed by atoms with van der Waals surface area (Å²) in [6, 6.07) is 17.7. The third kappa shape index (κ3) is 2.62. The smallest absolute Gasteiger partial charge is 0.416 e. The number of para-hydroxylation sites is 1. The van der Waals surface area contributed by atoms with Crippen molar-refractivity contribution in [2.45, 2.75) is 25.6 Å². The van der Waals surface area contributed by atoms with E-state index < -0.39 is 18.2 Å². The molecular weight excluding hydrogens is 285 g/mol. The van der Waals surface area contributed by atoms with Crippen LogP contribution < -0.4 is 4.74 Å². The van der Waals surface area contributed by atoms with E-state index in [-0.39, 0.29) is 6.54 Å². The summed E-state index contributed by atoms with van der Waals surface area (Å²) >= 11 is 0. The highest BCUT2D eigenvalue weighted by Crippen LogP contribution is 2.35. The fourth-order valence-corrected chi connectivity index (χ4v) is 2.36. The van der Waals surface area contributed by atoms with E-state index in [0.29, 0.717) is 5.75 Å². The van der Waals surface area contributed by atoms with Crippen molar-refractivity contribution in [1.29, 1.82) is 0 Å². The minimum Gasteiger partial charge on any atom is -0.438 e. The Balaban J connectivity index is 1.87. The summed E-state index contributed by atoms with van der Waals surface area (Å²) in [4.78, 5) is 13.0. The topological polar surface area (TPSA) is 38.8 Å². The van der Waals surface area contributed by atoms with Gasteiger partial charge in [-0.2, -0.15) is 4.39 Å². The maximum absolute atomic E-state index is 15.4. The molecule has 1 aliphatic heterocycles. The van der Waals surface area contributed by atoms with Gasteiger partial charge in [0.2, 0.25) is 0 Å². The van der Waals surface area contributed by atoms with Crippen molar-refractivity contribution in [3.63, 3.8) is 0 Å². The number of amides is 1. The molecular formula is C17H16FNO3. The summed E-state index contributed by atoms with van der Waals surface area (Å²) < 4.78 is 25.8. The van der Waals surface area contributed by atoms with E-state index >= 15 is 4.39 Å². The SMILES string of the molecule is CC1OC(=O)N(Cc2ccccc2)C1(F)Oc1ccccc1. The Kier molecular flexibility index (Phi) is 3.71. The van der Waals surface area contributed by atoms with Crippen molar-refractivity contribution in [3.05, 3.63) is 66.2 Å². The summed E-state index contributed by atoms with van der Waals surface area (Å²) in [5.74, 6) is -2.00. The van der Waals surface area contributed by atoms with Crippen LogP contribution in [0.3, 0.4) is 0 Å². The number of alkyl halides is 1. The van der Waals surface area contributed by atoms with Gasteiger partial charge in [-0.1, -0.05) is 48.5 Å². The molecule has 114 valence electrons. The van der Waals surface area contributed by atoms with Crippen molar-refractivity contribution >= 4 is 6.09 Å². The van der Waals surface area contributed by atoms with Crippen molar-refractivity contribution in [2.75, 3.05) is 0 Å². The minimum absolute atomic E-state index is 0.0767. The third-order valence-corrected chi connectivity index (χ3v) is 3.56. The fraction of sp³-hybridized carbons (Fsp3) is 0.235. The van der Waals surface area contributed by atoms with Gasteiger partial charge in [0, 0.05) is 0 Å². The van der Waals surface area contributed by atoms with Gasteiger partial charge in [-0.25, -0.2) is 9.69 Å². The Bertz CT molecular complexity index is 649. The molecule has 0 aliphatic carbocycles. The molecule has 2 aromatic rings. The molecule has 0 radical (unpaired) electrons. The molecule has 2 aromatic carbocycles. The first-order chi connectivity index (χ1) is 10.6. The highest BCUT2D eigenvalue weighted by atomic mass is 19.2. The Labute approximate surface area is 128 Å². The average molecular weight is 301 g/mol. The Hall–Kier alpha value is -2.56. The Morgan fingerprint density at radius 2 is 1.73 bits per heavy atom. The van der Waals surface area contributed by atoms with Gasteiger partial charge in [0.1, 0.15) is 5.75 Å². The van der Waals surface area contributed by atoms with Crippen molar-refractivity contribution in [1.82, 2.24) is 4.90 Å². The maximum Gasteiger partial charge on any atom is 0.416 e. The maximum atomic E-state index is 15.4. The molecule has 2 atom stereocenters. The number of hydrogen-bond acceptors (Lipinski definition) is 3. The molecule has 1 heterocycles. The molecule has 1 saturated heterocycles. The zero-order valence-electron chi connectivity index (χ0n) is 12.1. The number of carbonyl (C=O) groups is 1. The van der Waals surface area contributed by atoms with Gasteiger partial charge in [-0.05, 0) is 24.6 Å².